The SMILES string of the molecule is COc1ccc(-c2ccccc2/C=C(\C)Cc2ccc3c(c2)OCO3)c(OC)c1. The fourth-order valence-corrected chi connectivity index (χ4v) is 3.58. The summed E-state index contributed by atoms with van der Waals surface area (Å²) in [5.74, 6) is 3.20. The summed E-state index contributed by atoms with van der Waals surface area (Å²) in [6, 6.07) is 20.4. The van der Waals surface area contributed by atoms with Gasteiger partial charge in [0.2, 0.25) is 6.79 Å². The van der Waals surface area contributed by atoms with Crippen LogP contribution in [-0.2, 0) is 6.42 Å². The fraction of sp³-hybridized carbons (Fsp3) is 0.200. The first-order chi connectivity index (χ1) is 14.2. The topological polar surface area (TPSA) is 36.9 Å². The monoisotopic (exact) mass is 388 g/mol. The molecule has 4 heteroatoms. The van der Waals surface area contributed by atoms with Gasteiger partial charge in [-0.15, -0.1) is 0 Å². The summed E-state index contributed by atoms with van der Waals surface area (Å²) in [6.45, 7) is 2.44. The Bertz CT molecular complexity index is 1050. The third kappa shape index (κ3) is 4.06. The Hall–Kier alpha value is -3.40. The molecule has 0 amide bonds. The van der Waals surface area contributed by atoms with Crippen molar-refractivity contribution in [3.05, 3.63) is 77.4 Å². The second kappa shape index (κ2) is 8.31. The molecule has 1 aliphatic rings. The molecule has 0 aromatic heterocycles. The predicted octanol–water partition coefficient (Wildman–Crippen LogP) is 5.75. The van der Waals surface area contributed by atoms with Crippen LogP contribution in [0.2, 0.25) is 0 Å². The quantitative estimate of drug-likeness (QED) is 0.539. The van der Waals surface area contributed by atoms with Crippen molar-refractivity contribution >= 4 is 6.08 Å². The summed E-state index contributed by atoms with van der Waals surface area (Å²) in [5, 5.41) is 0. The van der Waals surface area contributed by atoms with Crippen LogP contribution in [0.25, 0.3) is 17.2 Å². The number of hydrogen-bond acceptors (Lipinski definition) is 4. The summed E-state index contributed by atoms with van der Waals surface area (Å²) >= 11 is 0. The van der Waals surface area contributed by atoms with Gasteiger partial charge in [0.05, 0.1) is 14.2 Å². The Morgan fingerprint density at radius 1 is 0.897 bits per heavy atom. The maximum absolute atomic E-state index is 5.61. The highest BCUT2D eigenvalue weighted by Gasteiger charge is 2.14. The van der Waals surface area contributed by atoms with E-state index in [4.69, 9.17) is 18.9 Å². The Morgan fingerprint density at radius 3 is 2.55 bits per heavy atom. The van der Waals surface area contributed by atoms with E-state index in [1.165, 1.54) is 11.1 Å². The number of ether oxygens (including phenoxy) is 4. The third-order valence-corrected chi connectivity index (χ3v) is 4.98. The minimum atomic E-state index is 0.296. The Labute approximate surface area is 171 Å². The van der Waals surface area contributed by atoms with E-state index in [1.807, 2.05) is 30.3 Å². The lowest BCUT2D eigenvalue weighted by Crippen LogP contribution is -1.93. The minimum absolute atomic E-state index is 0.296. The van der Waals surface area contributed by atoms with Gasteiger partial charge in [0, 0.05) is 11.6 Å². The summed E-state index contributed by atoms with van der Waals surface area (Å²) in [4.78, 5) is 0. The highest BCUT2D eigenvalue weighted by molar-refractivity contribution is 5.80. The van der Waals surface area contributed by atoms with Crippen molar-refractivity contribution in [2.24, 2.45) is 0 Å². The lowest BCUT2D eigenvalue weighted by atomic mass is 9.96. The zero-order chi connectivity index (χ0) is 20.2. The average Bonchev–Trinajstić information content (AvgIpc) is 3.21. The number of rotatable bonds is 6. The summed E-state index contributed by atoms with van der Waals surface area (Å²) < 4.78 is 21.8. The molecule has 0 spiro atoms. The van der Waals surface area contributed by atoms with Gasteiger partial charge in [-0.1, -0.05) is 42.0 Å². The summed E-state index contributed by atoms with van der Waals surface area (Å²) in [7, 11) is 3.34. The van der Waals surface area contributed by atoms with Gasteiger partial charge < -0.3 is 18.9 Å². The van der Waals surface area contributed by atoms with Gasteiger partial charge in [-0.05, 0) is 54.3 Å². The molecule has 3 aromatic rings. The van der Waals surface area contributed by atoms with Gasteiger partial charge in [-0.25, -0.2) is 0 Å². The van der Waals surface area contributed by atoms with E-state index in [0.29, 0.717) is 6.79 Å². The Morgan fingerprint density at radius 2 is 1.72 bits per heavy atom. The van der Waals surface area contributed by atoms with E-state index in [1.54, 1.807) is 14.2 Å². The first-order valence-electron chi connectivity index (χ1n) is 9.55. The Balaban J connectivity index is 1.64. The molecule has 148 valence electrons. The smallest absolute Gasteiger partial charge is 0.231 e. The van der Waals surface area contributed by atoms with Crippen LogP contribution in [0.4, 0.5) is 0 Å². The zero-order valence-corrected chi connectivity index (χ0v) is 16.9. The molecule has 0 N–H and O–H groups in total. The van der Waals surface area contributed by atoms with Crippen molar-refractivity contribution in [3.63, 3.8) is 0 Å². The average molecular weight is 388 g/mol. The number of fused-ring (bicyclic) bond motifs is 1. The van der Waals surface area contributed by atoms with E-state index in [-0.39, 0.29) is 0 Å². The van der Waals surface area contributed by atoms with Crippen LogP contribution < -0.4 is 18.9 Å². The predicted molar refractivity (Wildman–Crippen MR) is 115 cm³/mol. The maximum Gasteiger partial charge on any atom is 0.231 e. The number of hydrogen-bond donors (Lipinski definition) is 0. The number of benzene rings is 3. The molecule has 0 aliphatic carbocycles. The molecule has 0 saturated heterocycles. The second-order valence-electron chi connectivity index (χ2n) is 7.01. The lowest BCUT2D eigenvalue weighted by molar-refractivity contribution is 0.174. The molecule has 1 aliphatic heterocycles. The highest BCUT2D eigenvalue weighted by Crippen LogP contribution is 2.36. The number of methoxy groups -OCH3 is 2. The van der Waals surface area contributed by atoms with E-state index >= 15 is 0 Å². The molecule has 4 nitrogen and oxygen atoms in total. The minimum Gasteiger partial charge on any atom is -0.497 e. The van der Waals surface area contributed by atoms with Crippen LogP contribution in [-0.4, -0.2) is 21.0 Å². The van der Waals surface area contributed by atoms with Gasteiger partial charge >= 0.3 is 0 Å². The summed E-state index contributed by atoms with van der Waals surface area (Å²) in [5.41, 5.74) is 5.76. The molecule has 0 bridgehead atoms. The van der Waals surface area contributed by atoms with Crippen molar-refractivity contribution in [3.8, 4) is 34.1 Å². The molecule has 1 heterocycles. The molecular weight excluding hydrogens is 364 g/mol. The molecular formula is C25H24O4. The molecule has 4 rings (SSSR count). The molecule has 0 atom stereocenters. The van der Waals surface area contributed by atoms with Crippen molar-refractivity contribution in [1.82, 2.24) is 0 Å². The van der Waals surface area contributed by atoms with Gasteiger partial charge in [0.25, 0.3) is 0 Å². The standard InChI is InChI=1S/C25H24O4/c1-17(12-18-8-11-23-25(14-18)29-16-28-23)13-19-6-4-5-7-21(19)22-10-9-20(26-2)15-24(22)27-3/h4-11,13-15H,12,16H2,1-3H3/b17-13+. The van der Waals surface area contributed by atoms with Gasteiger partial charge in [0.1, 0.15) is 11.5 Å². The van der Waals surface area contributed by atoms with Gasteiger partial charge in [-0.3, -0.25) is 0 Å². The second-order valence-corrected chi connectivity index (χ2v) is 7.01. The fourth-order valence-electron chi connectivity index (χ4n) is 3.58. The van der Waals surface area contributed by atoms with Crippen molar-refractivity contribution in [1.29, 1.82) is 0 Å². The van der Waals surface area contributed by atoms with Crippen LogP contribution >= 0.6 is 0 Å². The van der Waals surface area contributed by atoms with Gasteiger partial charge in [-0.2, -0.15) is 0 Å². The van der Waals surface area contributed by atoms with E-state index in [2.05, 4.69) is 43.3 Å². The molecule has 3 aromatic carbocycles. The van der Waals surface area contributed by atoms with Crippen LogP contribution in [0.15, 0.2) is 66.2 Å². The van der Waals surface area contributed by atoms with E-state index in [0.717, 1.165) is 46.1 Å². The largest absolute Gasteiger partial charge is 0.497 e. The van der Waals surface area contributed by atoms with E-state index in [9.17, 15) is 0 Å². The first-order valence-corrected chi connectivity index (χ1v) is 9.55. The zero-order valence-electron chi connectivity index (χ0n) is 16.9. The van der Waals surface area contributed by atoms with Crippen molar-refractivity contribution in [2.45, 2.75) is 13.3 Å². The normalized spacial score (nSPS) is 12.7. The van der Waals surface area contributed by atoms with Crippen LogP contribution in [0.1, 0.15) is 18.1 Å². The van der Waals surface area contributed by atoms with Crippen LogP contribution in [0.5, 0.6) is 23.0 Å². The summed E-state index contributed by atoms with van der Waals surface area (Å²) in [6.07, 6.45) is 3.06. The molecule has 0 radical (unpaired) electrons. The Kier molecular flexibility index (Phi) is 5.43. The van der Waals surface area contributed by atoms with Crippen LogP contribution in [0, 0.1) is 0 Å². The van der Waals surface area contributed by atoms with E-state index < -0.39 is 0 Å². The highest BCUT2D eigenvalue weighted by atomic mass is 16.7. The van der Waals surface area contributed by atoms with Crippen molar-refractivity contribution < 1.29 is 18.9 Å². The van der Waals surface area contributed by atoms with Crippen LogP contribution in [0.3, 0.4) is 0 Å². The first kappa shape index (κ1) is 18.9. The molecule has 0 fully saturated rings. The number of allylic oxidation sites excluding steroid dienone is 1. The lowest BCUT2D eigenvalue weighted by Gasteiger charge is -2.13. The molecule has 29 heavy (non-hydrogen) atoms. The molecule has 0 saturated carbocycles. The maximum atomic E-state index is 5.61. The van der Waals surface area contributed by atoms with Crippen molar-refractivity contribution in [2.75, 3.05) is 21.0 Å². The third-order valence-electron chi connectivity index (χ3n) is 4.98. The van der Waals surface area contributed by atoms with Gasteiger partial charge in [0.15, 0.2) is 11.5 Å². The molecule has 0 unspecified atom stereocenters.